The van der Waals surface area contributed by atoms with Gasteiger partial charge < -0.3 is 21.1 Å². The molecule has 1 aliphatic heterocycles. The highest BCUT2D eigenvalue weighted by Gasteiger charge is 2.30. The van der Waals surface area contributed by atoms with Crippen molar-refractivity contribution in [3.63, 3.8) is 0 Å². The van der Waals surface area contributed by atoms with Gasteiger partial charge in [-0.15, -0.1) is 0 Å². The van der Waals surface area contributed by atoms with Gasteiger partial charge in [0.25, 0.3) is 5.91 Å². The standard InChI is InChI=1S/C19H29N3O3/c1-13(2)11-15(20)18(24)21-16-9-6-10-22(12-17(16)23)19(25)14-7-4-3-5-8-14/h3-5,7-8,13,15-17,23H,6,9-12,20H2,1-2H3,(H,21,24)/t15?,16?,17-/m0/s1. The Morgan fingerprint density at radius 1 is 1.32 bits per heavy atom. The van der Waals surface area contributed by atoms with E-state index in [4.69, 9.17) is 5.73 Å². The third kappa shape index (κ3) is 5.54. The number of amides is 2. The van der Waals surface area contributed by atoms with Crippen LogP contribution in [0.4, 0.5) is 0 Å². The fourth-order valence-corrected chi connectivity index (χ4v) is 3.16. The van der Waals surface area contributed by atoms with E-state index in [1.54, 1.807) is 17.0 Å². The zero-order chi connectivity index (χ0) is 18.4. The molecule has 1 aromatic carbocycles. The zero-order valence-electron chi connectivity index (χ0n) is 15.0. The van der Waals surface area contributed by atoms with Gasteiger partial charge in [0.1, 0.15) is 0 Å². The molecule has 2 unspecified atom stereocenters. The average molecular weight is 347 g/mol. The summed E-state index contributed by atoms with van der Waals surface area (Å²) < 4.78 is 0. The van der Waals surface area contributed by atoms with E-state index in [0.29, 0.717) is 30.9 Å². The number of carbonyl (C=O) groups excluding carboxylic acids is 2. The van der Waals surface area contributed by atoms with Crippen LogP contribution in [0.5, 0.6) is 0 Å². The summed E-state index contributed by atoms with van der Waals surface area (Å²) in [6.45, 7) is 4.80. The number of hydrogen-bond acceptors (Lipinski definition) is 4. The van der Waals surface area contributed by atoms with Gasteiger partial charge in [0, 0.05) is 18.7 Å². The Balaban J connectivity index is 1.95. The summed E-state index contributed by atoms with van der Waals surface area (Å²) in [4.78, 5) is 26.4. The molecule has 1 fully saturated rings. The van der Waals surface area contributed by atoms with Crippen molar-refractivity contribution in [2.75, 3.05) is 13.1 Å². The summed E-state index contributed by atoms with van der Waals surface area (Å²) >= 11 is 0. The van der Waals surface area contributed by atoms with Crippen LogP contribution in [-0.4, -0.2) is 53.1 Å². The number of nitrogens with two attached hydrogens (primary N) is 1. The fraction of sp³-hybridized carbons (Fsp3) is 0.579. The van der Waals surface area contributed by atoms with Crippen LogP contribution in [0.2, 0.25) is 0 Å². The van der Waals surface area contributed by atoms with Gasteiger partial charge >= 0.3 is 0 Å². The Labute approximate surface area is 149 Å². The lowest BCUT2D eigenvalue weighted by Gasteiger charge is -2.26. The van der Waals surface area contributed by atoms with Crippen molar-refractivity contribution in [1.29, 1.82) is 0 Å². The first kappa shape index (κ1) is 19.4. The van der Waals surface area contributed by atoms with E-state index in [1.165, 1.54) is 0 Å². The molecule has 6 nitrogen and oxygen atoms in total. The fourth-order valence-electron chi connectivity index (χ4n) is 3.16. The summed E-state index contributed by atoms with van der Waals surface area (Å²) in [5, 5.41) is 13.3. The molecular weight excluding hydrogens is 318 g/mol. The van der Waals surface area contributed by atoms with E-state index in [-0.39, 0.29) is 24.4 Å². The van der Waals surface area contributed by atoms with Gasteiger partial charge in [-0.1, -0.05) is 32.0 Å². The van der Waals surface area contributed by atoms with Crippen LogP contribution < -0.4 is 11.1 Å². The van der Waals surface area contributed by atoms with Gasteiger partial charge in [0.2, 0.25) is 5.91 Å². The molecule has 1 aliphatic rings. The number of nitrogens with zero attached hydrogens (tertiary/aromatic N) is 1. The van der Waals surface area contributed by atoms with Gasteiger partial charge in [-0.25, -0.2) is 0 Å². The molecule has 0 aromatic heterocycles. The molecule has 1 saturated heterocycles. The smallest absolute Gasteiger partial charge is 0.253 e. The second kappa shape index (κ2) is 8.97. The minimum absolute atomic E-state index is 0.0943. The molecule has 1 heterocycles. The summed E-state index contributed by atoms with van der Waals surface area (Å²) in [5.74, 6) is 0.00233. The Morgan fingerprint density at radius 2 is 2.00 bits per heavy atom. The first-order chi connectivity index (χ1) is 11.9. The third-order valence-corrected chi connectivity index (χ3v) is 4.51. The molecule has 0 aliphatic carbocycles. The highest BCUT2D eigenvalue weighted by molar-refractivity contribution is 5.94. The lowest BCUT2D eigenvalue weighted by atomic mass is 10.0. The number of likely N-dealkylation sites (tertiary alicyclic amines) is 1. The maximum absolute atomic E-state index is 12.6. The summed E-state index contributed by atoms with van der Waals surface area (Å²) in [6, 6.07) is 8.09. The molecule has 0 spiro atoms. The lowest BCUT2D eigenvalue weighted by molar-refractivity contribution is -0.124. The van der Waals surface area contributed by atoms with Crippen LogP contribution in [0.25, 0.3) is 0 Å². The third-order valence-electron chi connectivity index (χ3n) is 4.51. The lowest BCUT2D eigenvalue weighted by Crippen LogP contribution is -2.51. The largest absolute Gasteiger partial charge is 0.389 e. The van der Waals surface area contributed by atoms with Crippen LogP contribution in [0.3, 0.4) is 0 Å². The van der Waals surface area contributed by atoms with Crippen molar-refractivity contribution in [3.05, 3.63) is 35.9 Å². The molecular formula is C19H29N3O3. The molecule has 2 amide bonds. The maximum Gasteiger partial charge on any atom is 0.253 e. The molecule has 138 valence electrons. The molecule has 1 aromatic rings. The number of β-amino-alcohol motifs (C(OH)–C–C–N with tert-alkyl or cyclic N) is 1. The number of aliphatic hydroxyl groups is 1. The van der Waals surface area contributed by atoms with E-state index in [1.807, 2.05) is 32.0 Å². The molecule has 0 radical (unpaired) electrons. The number of aliphatic hydroxyl groups excluding tert-OH is 1. The second-order valence-corrected chi connectivity index (χ2v) is 7.18. The predicted molar refractivity (Wildman–Crippen MR) is 96.9 cm³/mol. The molecule has 3 atom stereocenters. The molecule has 2 rings (SSSR count). The molecule has 6 heteroatoms. The summed E-state index contributed by atoms with van der Waals surface area (Å²) in [6.07, 6.45) is 1.15. The Morgan fingerprint density at radius 3 is 2.64 bits per heavy atom. The van der Waals surface area contributed by atoms with Gasteiger partial charge in [-0.3, -0.25) is 9.59 Å². The van der Waals surface area contributed by atoms with Crippen molar-refractivity contribution in [2.45, 2.75) is 51.3 Å². The molecule has 25 heavy (non-hydrogen) atoms. The topological polar surface area (TPSA) is 95.7 Å². The minimum atomic E-state index is -0.801. The summed E-state index contributed by atoms with van der Waals surface area (Å²) in [5.41, 5.74) is 6.52. The van der Waals surface area contributed by atoms with E-state index >= 15 is 0 Å². The maximum atomic E-state index is 12.6. The predicted octanol–water partition coefficient (Wildman–Crippen LogP) is 1.14. The van der Waals surface area contributed by atoms with Crippen LogP contribution in [-0.2, 0) is 4.79 Å². The van der Waals surface area contributed by atoms with E-state index in [2.05, 4.69) is 5.32 Å². The van der Waals surface area contributed by atoms with Gasteiger partial charge in [-0.2, -0.15) is 0 Å². The highest BCUT2D eigenvalue weighted by atomic mass is 16.3. The molecule has 0 bridgehead atoms. The van der Waals surface area contributed by atoms with Crippen LogP contribution in [0.1, 0.15) is 43.5 Å². The van der Waals surface area contributed by atoms with Crippen LogP contribution >= 0.6 is 0 Å². The van der Waals surface area contributed by atoms with Crippen molar-refractivity contribution in [2.24, 2.45) is 11.7 Å². The van der Waals surface area contributed by atoms with Gasteiger partial charge in [0.05, 0.1) is 18.2 Å². The average Bonchev–Trinajstić information content (AvgIpc) is 2.76. The van der Waals surface area contributed by atoms with Crippen molar-refractivity contribution in [1.82, 2.24) is 10.2 Å². The Hall–Kier alpha value is -1.92. The number of carbonyl (C=O) groups is 2. The number of benzene rings is 1. The Bertz CT molecular complexity index is 577. The quantitative estimate of drug-likeness (QED) is 0.744. The van der Waals surface area contributed by atoms with Crippen LogP contribution in [0, 0.1) is 5.92 Å². The second-order valence-electron chi connectivity index (χ2n) is 7.18. The van der Waals surface area contributed by atoms with Crippen molar-refractivity contribution >= 4 is 11.8 Å². The van der Waals surface area contributed by atoms with Crippen molar-refractivity contribution in [3.8, 4) is 0 Å². The number of nitrogens with one attached hydrogen (secondary N) is 1. The normalized spacial score (nSPS) is 22.4. The number of rotatable bonds is 5. The van der Waals surface area contributed by atoms with Crippen molar-refractivity contribution < 1.29 is 14.7 Å². The number of hydrogen-bond donors (Lipinski definition) is 3. The Kier molecular flexibility index (Phi) is 6.96. The first-order valence-electron chi connectivity index (χ1n) is 8.96. The van der Waals surface area contributed by atoms with Crippen LogP contribution in [0.15, 0.2) is 30.3 Å². The highest BCUT2D eigenvalue weighted by Crippen LogP contribution is 2.15. The molecule has 0 saturated carbocycles. The van der Waals surface area contributed by atoms with E-state index < -0.39 is 12.1 Å². The minimum Gasteiger partial charge on any atom is -0.389 e. The van der Waals surface area contributed by atoms with Gasteiger partial charge in [-0.05, 0) is 37.3 Å². The summed E-state index contributed by atoms with van der Waals surface area (Å²) in [7, 11) is 0. The van der Waals surface area contributed by atoms with E-state index in [0.717, 1.165) is 6.42 Å². The van der Waals surface area contributed by atoms with E-state index in [9.17, 15) is 14.7 Å². The SMILES string of the molecule is CC(C)CC(N)C(=O)NC1CCCN(C(=O)c2ccccc2)C[C@@H]1O. The zero-order valence-corrected chi connectivity index (χ0v) is 15.0. The van der Waals surface area contributed by atoms with Gasteiger partial charge in [0.15, 0.2) is 0 Å². The monoisotopic (exact) mass is 347 g/mol. The first-order valence-corrected chi connectivity index (χ1v) is 8.96. The molecule has 4 N–H and O–H groups in total.